The Hall–Kier alpha value is -2.47. The lowest BCUT2D eigenvalue weighted by molar-refractivity contribution is 0.572. The molecule has 2 aromatic heterocycles. The summed E-state index contributed by atoms with van der Waals surface area (Å²) < 4.78 is 20.6. The van der Waals surface area contributed by atoms with E-state index in [-0.39, 0.29) is 12.4 Å². The fourth-order valence-corrected chi connectivity index (χ4v) is 1.90. The van der Waals surface area contributed by atoms with E-state index < -0.39 is 0 Å². The average Bonchev–Trinajstić information content (AvgIpc) is 3.07. The maximum atomic E-state index is 13.9. The zero-order valence-electron chi connectivity index (χ0n) is 9.95. The predicted molar refractivity (Wildman–Crippen MR) is 66.9 cm³/mol. The molecule has 0 saturated carbocycles. The molecule has 19 heavy (non-hydrogen) atoms. The van der Waals surface area contributed by atoms with Gasteiger partial charge in [-0.05, 0) is 24.3 Å². The van der Waals surface area contributed by atoms with Gasteiger partial charge in [0.05, 0.1) is 6.26 Å². The zero-order valence-corrected chi connectivity index (χ0v) is 9.95. The van der Waals surface area contributed by atoms with E-state index in [0.29, 0.717) is 22.8 Å². The van der Waals surface area contributed by atoms with E-state index in [1.54, 1.807) is 30.3 Å². The van der Waals surface area contributed by atoms with Crippen molar-refractivity contribution >= 4 is 0 Å². The van der Waals surface area contributed by atoms with Gasteiger partial charge >= 0.3 is 0 Å². The molecule has 5 nitrogen and oxygen atoms in total. The first-order chi connectivity index (χ1) is 9.31. The van der Waals surface area contributed by atoms with Gasteiger partial charge in [0.15, 0.2) is 5.76 Å². The maximum Gasteiger partial charge on any atom is 0.154 e. The van der Waals surface area contributed by atoms with Crippen molar-refractivity contribution < 1.29 is 8.81 Å². The molecule has 3 aromatic rings. The summed E-state index contributed by atoms with van der Waals surface area (Å²) in [6.07, 6.45) is 1.54. The molecule has 1 aromatic carbocycles. The number of rotatable bonds is 3. The highest BCUT2D eigenvalue weighted by Crippen LogP contribution is 2.26. The summed E-state index contributed by atoms with van der Waals surface area (Å²) in [7, 11) is 0. The summed E-state index contributed by atoms with van der Waals surface area (Å²) in [6, 6.07) is 9.84. The lowest BCUT2D eigenvalue weighted by Crippen LogP contribution is -2.03. The molecule has 0 bridgehead atoms. The summed E-state index contributed by atoms with van der Waals surface area (Å²) >= 11 is 0. The van der Waals surface area contributed by atoms with E-state index >= 15 is 0 Å². The van der Waals surface area contributed by atoms with Crippen LogP contribution in [0.15, 0.2) is 47.1 Å². The summed E-state index contributed by atoms with van der Waals surface area (Å²) in [5.41, 5.74) is 7.06. The largest absolute Gasteiger partial charge is 0.463 e. The molecule has 0 amide bonds. The third-order valence-corrected chi connectivity index (χ3v) is 2.77. The highest BCUT2D eigenvalue weighted by molar-refractivity contribution is 5.58. The number of benzene rings is 1. The molecule has 3 rings (SSSR count). The van der Waals surface area contributed by atoms with Crippen LogP contribution in [0.3, 0.4) is 0 Å². The Morgan fingerprint density at radius 2 is 2.05 bits per heavy atom. The fraction of sp³-hybridized carbons (Fsp3) is 0.0769. The number of hydrogen-bond acceptors (Lipinski definition) is 4. The zero-order chi connectivity index (χ0) is 13.2. The first-order valence-electron chi connectivity index (χ1n) is 5.74. The van der Waals surface area contributed by atoms with Crippen molar-refractivity contribution in [1.82, 2.24) is 15.0 Å². The minimum Gasteiger partial charge on any atom is -0.463 e. The van der Waals surface area contributed by atoms with E-state index in [9.17, 15) is 4.39 Å². The van der Waals surface area contributed by atoms with E-state index in [1.807, 2.05) is 0 Å². The van der Waals surface area contributed by atoms with Crippen molar-refractivity contribution in [3.63, 3.8) is 0 Å². The molecular formula is C13H11FN4O. The Balaban J connectivity index is 2.23. The first-order valence-corrected chi connectivity index (χ1v) is 5.74. The van der Waals surface area contributed by atoms with E-state index in [2.05, 4.69) is 10.3 Å². The molecule has 2 N–H and O–H groups in total. The number of aromatic nitrogens is 3. The van der Waals surface area contributed by atoms with Gasteiger partial charge in [-0.3, -0.25) is 0 Å². The van der Waals surface area contributed by atoms with E-state index in [1.165, 1.54) is 17.0 Å². The van der Waals surface area contributed by atoms with Crippen molar-refractivity contribution in [3.8, 4) is 17.1 Å². The average molecular weight is 258 g/mol. The number of furan rings is 1. The van der Waals surface area contributed by atoms with Gasteiger partial charge in [-0.1, -0.05) is 17.3 Å². The van der Waals surface area contributed by atoms with Crippen LogP contribution in [-0.4, -0.2) is 15.0 Å². The van der Waals surface area contributed by atoms with Crippen molar-refractivity contribution in [3.05, 3.63) is 54.2 Å². The Morgan fingerprint density at radius 1 is 1.21 bits per heavy atom. The third-order valence-electron chi connectivity index (χ3n) is 2.77. The number of hydrogen-bond donors (Lipinski definition) is 1. The highest BCUT2D eigenvalue weighted by atomic mass is 19.1. The van der Waals surface area contributed by atoms with Crippen LogP contribution in [0, 0.1) is 5.82 Å². The summed E-state index contributed by atoms with van der Waals surface area (Å²) in [5, 5.41) is 7.93. The molecule has 0 aliphatic rings. The minimum absolute atomic E-state index is 0.199. The van der Waals surface area contributed by atoms with Gasteiger partial charge in [0.25, 0.3) is 0 Å². The molecule has 0 atom stereocenters. The number of para-hydroxylation sites is 1. The molecule has 2 heterocycles. The van der Waals surface area contributed by atoms with Crippen LogP contribution in [0.4, 0.5) is 4.39 Å². The second-order valence-electron chi connectivity index (χ2n) is 3.93. The van der Waals surface area contributed by atoms with Crippen LogP contribution in [0.5, 0.6) is 0 Å². The minimum atomic E-state index is -0.385. The Morgan fingerprint density at radius 3 is 2.74 bits per heavy atom. The summed E-state index contributed by atoms with van der Waals surface area (Å²) in [6.45, 7) is 0.199. The van der Waals surface area contributed by atoms with Crippen LogP contribution in [0.1, 0.15) is 5.69 Å². The molecule has 0 saturated heterocycles. The topological polar surface area (TPSA) is 69.9 Å². The van der Waals surface area contributed by atoms with Crippen LogP contribution in [0.2, 0.25) is 0 Å². The number of halogens is 1. The lowest BCUT2D eigenvalue weighted by atomic mass is 10.2. The van der Waals surface area contributed by atoms with Gasteiger partial charge in [-0.15, -0.1) is 5.10 Å². The molecule has 96 valence electrons. The van der Waals surface area contributed by atoms with Crippen LogP contribution in [-0.2, 0) is 6.54 Å². The second-order valence-corrected chi connectivity index (χ2v) is 3.93. The SMILES string of the molecule is NCc1nnn(-c2ccccc2F)c1-c1ccco1. The summed E-state index contributed by atoms with van der Waals surface area (Å²) in [5.74, 6) is 0.164. The summed E-state index contributed by atoms with van der Waals surface area (Å²) in [4.78, 5) is 0. The molecule has 0 spiro atoms. The maximum absolute atomic E-state index is 13.9. The highest BCUT2D eigenvalue weighted by Gasteiger charge is 2.19. The molecule has 0 aliphatic heterocycles. The van der Waals surface area contributed by atoms with Crippen molar-refractivity contribution in [2.45, 2.75) is 6.54 Å². The molecular weight excluding hydrogens is 247 g/mol. The van der Waals surface area contributed by atoms with Gasteiger partial charge in [-0.2, -0.15) is 0 Å². The van der Waals surface area contributed by atoms with Crippen LogP contribution < -0.4 is 5.73 Å². The first kappa shape index (κ1) is 11.6. The third kappa shape index (κ3) is 1.92. The number of nitrogens with zero attached hydrogens (tertiary/aromatic N) is 3. The molecule has 0 fully saturated rings. The van der Waals surface area contributed by atoms with Crippen molar-refractivity contribution in [1.29, 1.82) is 0 Å². The molecule has 0 unspecified atom stereocenters. The molecule has 6 heteroatoms. The van der Waals surface area contributed by atoms with Gasteiger partial charge in [0.2, 0.25) is 0 Å². The van der Waals surface area contributed by atoms with Gasteiger partial charge in [-0.25, -0.2) is 9.07 Å². The lowest BCUT2D eigenvalue weighted by Gasteiger charge is -2.06. The van der Waals surface area contributed by atoms with E-state index in [0.717, 1.165) is 0 Å². The quantitative estimate of drug-likeness (QED) is 0.781. The smallest absolute Gasteiger partial charge is 0.154 e. The van der Waals surface area contributed by atoms with Crippen LogP contribution >= 0.6 is 0 Å². The van der Waals surface area contributed by atoms with Crippen molar-refractivity contribution in [2.75, 3.05) is 0 Å². The monoisotopic (exact) mass is 258 g/mol. The van der Waals surface area contributed by atoms with Crippen LogP contribution in [0.25, 0.3) is 17.1 Å². The van der Waals surface area contributed by atoms with Crippen molar-refractivity contribution in [2.24, 2.45) is 5.73 Å². The Labute approximate surface area is 108 Å². The second kappa shape index (κ2) is 4.66. The predicted octanol–water partition coefficient (Wildman–Crippen LogP) is 2.13. The van der Waals surface area contributed by atoms with E-state index in [4.69, 9.17) is 10.2 Å². The molecule has 0 aliphatic carbocycles. The standard InChI is InChI=1S/C13H11FN4O/c14-9-4-1-2-5-11(9)18-13(10(8-15)16-17-18)12-6-3-7-19-12/h1-7H,8,15H2. The number of nitrogens with two attached hydrogens (primary N) is 1. The van der Waals surface area contributed by atoms with Gasteiger partial charge in [0.1, 0.15) is 22.9 Å². The Kier molecular flexibility index (Phi) is 2.85. The fourth-order valence-electron chi connectivity index (χ4n) is 1.90. The van der Waals surface area contributed by atoms with Gasteiger partial charge < -0.3 is 10.2 Å². The van der Waals surface area contributed by atoms with Gasteiger partial charge in [0, 0.05) is 6.54 Å². The normalized spacial score (nSPS) is 10.8. The molecule has 0 radical (unpaired) electrons. The Bertz CT molecular complexity index is 690.